The van der Waals surface area contributed by atoms with E-state index < -0.39 is 5.97 Å². The van der Waals surface area contributed by atoms with Crippen LogP contribution in [0.25, 0.3) is 0 Å². The number of hydrogen-bond donors (Lipinski definition) is 1. The van der Waals surface area contributed by atoms with E-state index in [1.165, 1.54) is 17.8 Å². The van der Waals surface area contributed by atoms with Gasteiger partial charge in [0, 0.05) is 10.6 Å². The Kier molecular flexibility index (Phi) is 4.22. The normalized spacial score (nSPS) is 10.4. The van der Waals surface area contributed by atoms with E-state index in [0.717, 1.165) is 11.1 Å². The van der Waals surface area contributed by atoms with Gasteiger partial charge in [-0.1, -0.05) is 18.2 Å². The highest BCUT2D eigenvalue weighted by molar-refractivity contribution is 7.98. The number of benzene rings is 2. The smallest absolute Gasteiger partial charge is 0.335 e. The maximum atomic E-state index is 13.5. The van der Waals surface area contributed by atoms with E-state index in [9.17, 15) is 9.18 Å². The largest absolute Gasteiger partial charge is 0.478 e. The van der Waals surface area contributed by atoms with Crippen LogP contribution in [0.15, 0.2) is 47.4 Å². The maximum Gasteiger partial charge on any atom is 0.335 e. The molecule has 98 valence electrons. The Morgan fingerprint density at radius 2 is 2.00 bits per heavy atom. The van der Waals surface area contributed by atoms with Crippen LogP contribution in [0.1, 0.15) is 21.5 Å². The van der Waals surface area contributed by atoms with Gasteiger partial charge in [0.25, 0.3) is 0 Å². The second-order valence-corrected chi connectivity index (χ2v) is 5.18. The molecule has 0 heterocycles. The number of hydrogen-bond acceptors (Lipinski definition) is 2. The van der Waals surface area contributed by atoms with E-state index in [-0.39, 0.29) is 11.4 Å². The molecular weight excluding hydrogens is 263 g/mol. The molecule has 0 aromatic heterocycles. The first-order chi connectivity index (χ1) is 9.08. The van der Waals surface area contributed by atoms with Gasteiger partial charge in [0.15, 0.2) is 0 Å². The highest BCUT2D eigenvalue weighted by Gasteiger charge is 2.07. The van der Waals surface area contributed by atoms with Gasteiger partial charge in [0.2, 0.25) is 0 Å². The molecule has 4 heteroatoms. The van der Waals surface area contributed by atoms with Crippen LogP contribution in [0.5, 0.6) is 0 Å². The van der Waals surface area contributed by atoms with Crippen LogP contribution in [0, 0.1) is 12.7 Å². The summed E-state index contributed by atoms with van der Waals surface area (Å²) < 4.78 is 13.5. The minimum atomic E-state index is -0.934. The van der Waals surface area contributed by atoms with Gasteiger partial charge in [-0.25, -0.2) is 9.18 Å². The Labute approximate surface area is 115 Å². The van der Waals surface area contributed by atoms with E-state index >= 15 is 0 Å². The predicted octanol–water partition coefficient (Wildman–Crippen LogP) is 4.12. The fourth-order valence-electron chi connectivity index (χ4n) is 1.71. The fraction of sp³-hybridized carbons (Fsp3) is 0.133. The minimum Gasteiger partial charge on any atom is -0.478 e. The molecule has 0 aliphatic rings. The molecule has 0 spiro atoms. The van der Waals surface area contributed by atoms with Gasteiger partial charge >= 0.3 is 5.97 Å². The lowest BCUT2D eigenvalue weighted by Crippen LogP contribution is -1.98. The quantitative estimate of drug-likeness (QED) is 0.853. The Bertz CT molecular complexity index is 611. The molecule has 2 aromatic carbocycles. The number of carboxylic acids is 1. The lowest BCUT2D eigenvalue weighted by Gasteiger charge is -2.07. The zero-order valence-corrected chi connectivity index (χ0v) is 11.2. The van der Waals surface area contributed by atoms with E-state index in [1.54, 1.807) is 36.4 Å². The molecule has 1 N–H and O–H groups in total. The second-order valence-electron chi connectivity index (χ2n) is 4.17. The number of carbonyl (C=O) groups is 1. The molecule has 0 amide bonds. The minimum absolute atomic E-state index is 0.229. The van der Waals surface area contributed by atoms with Crippen LogP contribution in [-0.2, 0) is 5.75 Å². The monoisotopic (exact) mass is 276 g/mol. The molecule has 0 aliphatic carbocycles. The molecule has 0 atom stereocenters. The first-order valence-corrected chi connectivity index (χ1v) is 6.76. The maximum absolute atomic E-state index is 13.5. The van der Waals surface area contributed by atoms with Crippen molar-refractivity contribution >= 4 is 17.7 Å². The molecule has 0 fully saturated rings. The number of halogens is 1. The number of aryl methyl sites for hydroxylation is 1. The predicted molar refractivity (Wildman–Crippen MR) is 74.1 cm³/mol. The number of thioether (sulfide) groups is 1. The summed E-state index contributed by atoms with van der Waals surface area (Å²) in [7, 11) is 0. The zero-order chi connectivity index (χ0) is 13.8. The summed E-state index contributed by atoms with van der Waals surface area (Å²) in [5.41, 5.74) is 2.19. The van der Waals surface area contributed by atoms with Gasteiger partial charge in [0.1, 0.15) is 5.82 Å². The fourth-order valence-corrected chi connectivity index (χ4v) is 2.72. The summed E-state index contributed by atoms with van der Waals surface area (Å²) in [6.07, 6.45) is 0. The summed E-state index contributed by atoms with van der Waals surface area (Å²) in [5.74, 6) is -0.546. The molecule has 2 aromatic rings. The van der Waals surface area contributed by atoms with Crippen LogP contribution >= 0.6 is 11.8 Å². The summed E-state index contributed by atoms with van der Waals surface area (Å²) in [4.78, 5) is 11.4. The molecule has 0 unspecified atom stereocenters. The number of rotatable bonds is 4. The van der Waals surface area contributed by atoms with Gasteiger partial charge in [-0.15, -0.1) is 11.8 Å². The third-order valence-corrected chi connectivity index (χ3v) is 3.91. The highest BCUT2D eigenvalue weighted by Crippen LogP contribution is 2.26. The summed E-state index contributed by atoms with van der Waals surface area (Å²) in [6.45, 7) is 1.86. The Hall–Kier alpha value is -1.81. The molecule has 0 bridgehead atoms. The first kappa shape index (κ1) is 13.6. The molecule has 19 heavy (non-hydrogen) atoms. The van der Waals surface area contributed by atoms with Gasteiger partial charge in [-0.05, 0) is 42.3 Å². The standard InChI is InChI=1S/C15H13FO2S/c1-10-8-11(15(17)18)6-7-12(10)9-19-14-5-3-2-4-13(14)16/h2-8H,9H2,1H3,(H,17,18). The van der Waals surface area contributed by atoms with Crippen molar-refractivity contribution in [3.8, 4) is 0 Å². The molecular formula is C15H13FO2S. The van der Waals surface area contributed by atoms with Crippen molar-refractivity contribution in [3.05, 3.63) is 65.0 Å². The van der Waals surface area contributed by atoms with Gasteiger partial charge in [-0.2, -0.15) is 0 Å². The molecule has 0 aliphatic heterocycles. The van der Waals surface area contributed by atoms with Gasteiger partial charge < -0.3 is 5.11 Å². The van der Waals surface area contributed by atoms with Crippen molar-refractivity contribution in [2.75, 3.05) is 0 Å². The molecule has 0 saturated heterocycles. The topological polar surface area (TPSA) is 37.3 Å². The average molecular weight is 276 g/mol. The van der Waals surface area contributed by atoms with E-state index in [2.05, 4.69) is 0 Å². The molecule has 0 radical (unpaired) electrons. The number of carboxylic acid groups (broad SMARTS) is 1. The second kappa shape index (κ2) is 5.89. The molecule has 2 rings (SSSR count). The van der Waals surface area contributed by atoms with Crippen LogP contribution in [0.3, 0.4) is 0 Å². The lowest BCUT2D eigenvalue weighted by molar-refractivity contribution is 0.0697. The average Bonchev–Trinajstić information content (AvgIpc) is 2.39. The van der Waals surface area contributed by atoms with Crippen molar-refractivity contribution in [1.29, 1.82) is 0 Å². The summed E-state index contributed by atoms with van der Waals surface area (Å²) in [6, 6.07) is 11.6. The van der Waals surface area contributed by atoms with Crippen molar-refractivity contribution < 1.29 is 14.3 Å². The van der Waals surface area contributed by atoms with Crippen molar-refractivity contribution in [2.45, 2.75) is 17.6 Å². The Balaban J connectivity index is 2.12. The highest BCUT2D eigenvalue weighted by atomic mass is 32.2. The van der Waals surface area contributed by atoms with Crippen LogP contribution in [-0.4, -0.2) is 11.1 Å². The molecule has 2 nitrogen and oxygen atoms in total. The van der Waals surface area contributed by atoms with Crippen LogP contribution in [0.2, 0.25) is 0 Å². The van der Waals surface area contributed by atoms with Crippen molar-refractivity contribution in [3.63, 3.8) is 0 Å². The zero-order valence-electron chi connectivity index (χ0n) is 10.4. The van der Waals surface area contributed by atoms with Crippen molar-refractivity contribution in [2.24, 2.45) is 0 Å². The van der Waals surface area contributed by atoms with Gasteiger partial charge in [-0.3, -0.25) is 0 Å². The lowest BCUT2D eigenvalue weighted by atomic mass is 10.1. The summed E-state index contributed by atoms with van der Waals surface area (Å²) >= 11 is 1.41. The first-order valence-electron chi connectivity index (χ1n) is 5.78. The van der Waals surface area contributed by atoms with Gasteiger partial charge in [0.05, 0.1) is 5.56 Å². The van der Waals surface area contributed by atoms with Crippen LogP contribution < -0.4 is 0 Å². The Morgan fingerprint density at radius 1 is 1.26 bits per heavy atom. The summed E-state index contributed by atoms with van der Waals surface area (Å²) in [5, 5.41) is 8.89. The molecule has 0 saturated carbocycles. The van der Waals surface area contributed by atoms with E-state index in [1.807, 2.05) is 6.92 Å². The third kappa shape index (κ3) is 3.35. The van der Waals surface area contributed by atoms with Crippen LogP contribution in [0.4, 0.5) is 4.39 Å². The van der Waals surface area contributed by atoms with Crippen molar-refractivity contribution in [1.82, 2.24) is 0 Å². The SMILES string of the molecule is Cc1cc(C(=O)O)ccc1CSc1ccccc1F. The van der Waals surface area contributed by atoms with E-state index in [4.69, 9.17) is 5.11 Å². The van der Waals surface area contributed by atoms with E-state index in [0.29, 0.717) is 10.6 Å². The third-order valence-electron chi connectivity index (χ3n) is 2.81. The number of aromatic carboxylic acids is 1. The Morgan fingerprint density at radius 3 is 2.63 bits per heavy atom.